The van der Waals surface area contributed by atoms with E-state index in [2.05, 4.69) is 17.9 Å². The van der Waals surface area contributed by atoms with E-state index in [1.54, 1.807) is 12.1 Å². The van der Waals surface area contributed by atoms with Crippen molar-refractivity contribution in [2.75, 3.05) is 7.11 Å². The maximum absolute atomic E-state index is 11.0. The van der Waals surface area contributed by atoms with Gasteiger partial charge in [-0.1, -0.05) is 11.6 Å². The van der Waals surface area contributed by atoms with Crippen molar-refractivity contribution in [1.29, 1.82) is 0 Å². The normalized spacial score (nSPS) is 8.43. The number of hydrogen-bond donors (Lipinski definition) is 1. The highest BCUT2D eigenvalue weighted by Crippen LogP contribution is 2.18. The highest BCUT2D eigenvalue weighted by Gasteiger charge is 2.10. The zero-order valence-corrected chi connectivity index (χ0v) is 8.41. The van der Waals surface area contributed by atoms with E-state index in [9.17, 15) is 9.90 Å². The predicted octanol–water partition coefficient (Wildman–Crippen LogP) is 2.29. The first-order valence-corrected chi connectivity index (χ1v) is 4.03. The van der Waals surface area contributed by atoms with E-state index in [0.29, 0.717) is 0 Å². The number of phenols is 1. The van der Waals surface area contributed by atoms with Crippen molar-refractivity contribution in [2.45, 2.75) is 6.92 Å². The third-order valence-electron chi connectivity index (χ3n) is 1.56. The molecule has 0 heterocycles. The Bertz CT molecular complexity index is 318. The highest BCUT2D eigenvalue weighted by molar-refractivity contribution is 5.92. The molecule has 0 aliphatic rings. The van der Waals surface area contributed by atoms with Crippen LogP contribution in [0, 0.1) is 6.92 Å². The van der Waals surface area contributed by atoms with Gasteiger partial charge in [-0.25, -0.2) is 4.79 Å². The Labute approximate surface area is 83.6 Å². The van der Waals surface area contributed by atoms with Gasteiger partial charge in [0.2, 0.25) is 0 Å². The van der Waals surface area contributed by atoms with E-state index in [1.807, 2.05) is 6.92 Å². The maximum atomic E-state index is 11.0. The number of hydrogen-bond acceptors (Lipinski definition) is 3. The molecule has 0 aliphatic heterocycles. The summed E-state index contributed by atoms with van der Waals surface area (Å²) in [5.74, 6) is -0.566. The molecule has 0 aliphatic carbocycles. The van der Waals surface area contributed by atoms with Gasteiger partial charge in [-0.15, -0.1) is 13.2 Å². The Morgan fingerprint density at radius 1 is 1.43 bits per heavy atom. The molecular weight excluding hydrogens is 180 g/mol. The number of ether oxygens (including phenoxy) is 1. The van der Waals surface area contributed by atoms with Crippen LogP contribution in [0.2, 0.25) is 0 Å². The van der Waals surface area contributed by atoms with E-state index >= 15 is 0 Å². The number of carbonyl (C=O) groups excluding carboxylic acids is 1. The van der Waals surface area contributed by atoms with Gasteiger partial charge in [-0.2, -0.15) is 0 Å². The number of benzene rings is 1. The quantitative estimate of drug-likeness (QED) is 0.551. The fourth-order valence-corrected chi connectivity index (χ4v) is 0.923. The molecule has 0 amide bonds. The average molecular weight is 194 g/mol. The van der Waals surface area contributed by atoms with Crippen molar-refractivity contribution in [3.8, 4) is 5.75 Å². The van der Waals surface area contributed by atoms with Gasteiger partial charge in [0.1, 0.15) is 11.3 Å². The molecule has 3 nitrogen and oxygen atoms in total. The van der Waals surface area contributed by atoms with Crippen LogP contribution in [-0.2, 0) is 4.74 Å². The van der Waals surface area contributed by atoms with Gasteiger partial charge in [-0.3, -0.25) is 0 Å². The van der Waals surface area contributed by atoms with Crippen molar-refractivity contribution in [1.82, 2.24) is 0 Å². The molecule has 1 aromatic carbocycles. The van der Waals surface area contributed by atoms with E-state index in [0.717, 1.165) is 5.56 Å². The molecule has 0 spiro atoms. The van der Waals surface area contributed by atoms with Crippen LogP contribution in [0.15, 0.2) is 31.4 Å². The molecule has 0 aromatic heterocycles. The number of methoxy groups -OCH3 is 1. The van der Waals surface area contributed by atoms with Gasteiger partial charge in [0.05, 0.1) is 7.11 Å². The number of esters is 1. The van der Waals surface area contributed by atoms with Crippen LogP contribution in [0.1, 0.15) is 15.9 Å². The van der Waals surface area contributed by atoms with Crippen LogP contribution in [0.3, 0.4) is 0 Å². The van der Waals surface area contributed by atoms with Crippen molar-refractivity contribution in [2.24, 2.45) is 0 Å². The van der Waals surface area contributed by atoms with Crippen LogP contribution in [-0.4, -0.2) is 18.2 Å². The molecule has 0 saturated heterocycles. The fraction of sp³-hybridized carbons (Fsp3) is 0.182. The Balaban J connectivity index is 0.000000791. The number of carbonyl (C=O) groups is 1. The summed E-state index contributed by atoms with van der Waals surface area (Å²) in [6, 6.07) is 4.78. The van der Waals surface area contributed by atoms with Crippen LogP contribution in [0.4, 0.5) is 0 Å². The molecule has 0 fully saturated rings. The van der Waals surface area contributed by atoms with Crippen molar-refractivity contribution >= 4 is 5.97 Å². The fourth-order valence-electron chi connectivity index (χ4n) is 0.923. The summed E-state index contributed by atoms with van der Waals surface area (Å²) < 4.78 is 4.47. The molecule has 0 atom stereocenters. The van der Waals surface area contributed by atoms with Crippen LogP contribution >= 0.6 is 0 Å². The number of aryl methyl sites for hydroxylation is 1. The highest BCUT2D eigenvalue weighted by atomic mass is 16.5. The number of aromatic hydroxyl groups is 1. The van der Waals surface area contributed by atoms with Crippen LogP contribution < -0.4 is 0 Å². The summed E-state index contributed by atoms with van der Waals surface area (Å²) in [7, 11) is 1.28. The second-order valence-electron chi connectivity index (χ2n) is 2.51. The van der Waals surface area contributed by atoms with Gasteiger partial charge in [0.15, 0.2) is 0 Å². The lowest BCUT2D eigenvalue weighted by molar-refractivity contribution is 0.0597. The second kappa shape index (κ2) is 5.80. The van der Waals surface area contributed by atoms with E-state index in [1.165, 1.54) is 13.2 Å². The molecule has 1 aromatic rings. The third-order valence-corrected chi connectivity index (χ3v) is 1.56. The number of rotatable bonds is 1. The lowest BCUT2D eigenvalue weighted by Crippen LogP contribution is -2.01. The zero-order chi connectivity index (χ0) is 11.1. The molecule has 0 bridgehead atoms. The number of phenolic OH excluding ortho intramolecular Hbond substituents is 1. The first kappa shape index (κ1) is 12.2. The molecule has 3 heteroatoms. The molecule has 76 valence electrons. The molecular formula is C11H14O3. The first-order valence-electron chi connectivity index (χ1n) is 4.03. The van der Waals surface area contributed by atoms with E-state index in [-0.39, 0.29) is 11.3 Å². The summed E-state index contributed by atoms with van der Waals surface area (Å²) in [5.41, 5.74) is 1.12. The summed E-state index contributed by atoms with van der Waals surface area (Å²) in [6.45, 7) is 7.84. The van der Waals surface area contributed by atoms with Gasteiger partial charge in [0.25, 0.3) is 0 Å². The Kier molecular flexibility index (Phi) is 5.07. The van der Waals surface area contributed by atoms with Crippen molar-refractivity contribution in [3.05, 3.63) is 42.5 Å². The average Bonchev–Trinajstić information content (AvgIpc) is 2.23. The minimum Gasteiger partial charge on any atom is -0.507 e. The van der Waals surface area contributed by atoms with Crippen LogP contribution in [0.5, 0.6) is 5.75 Å². The molecule has 1 rings (SSSR count). The topological polar surface area (TPSA) is 46.5 Å². The van der Waals surface area contributed by atoms with Crippen molar-refractivity contribution < 1.29 is 14.6 Å². The minimum absolute atomic E-state index is 0.0487. The molecule has 14 heavy (non-hydrogen) atoms. The van der Waals surface area contributed by atoms with E-state index < -0.39 is 5.97 Å². The van der Waals surface area contributed by atoms with Gasteiger partial charge in [-0.05, 0) is 19.1 Å². The molecule has 0 saturated carbocycles. The van der Waals surface area contributed by atoms with Gasteiger partial charge >= 0.3 is 5.97 Å². The van der Waals surface area contributed by atoms with E-state index in [4.69, 9.17) is 0 Å². The predicted molar refractivity (Wildman–Crippen MR) is 55.4 cm³/mol. The van der Waals surface area contributed by atoms with Gasteiger partial charge < -0.3 is 9.84 Å². The van der Waals surface area contributed by atoms with Gasteiger partial charge in [0, 0.05) is 0 Å². The largest absolute Gasteiger partial charge is 0.507 e. The summed E-state index contributed by atoms with van der Waals surface area (Å²) in [4.78, 5) is 11.0. The SMILES string of the molecule is C=C.COC(=O)c1cc(C)ccc1O. The zero-order valence-electron chi connectivity index (χ0n) is 8.41. The van der Waals surface area contributed by atoms with Crippen molar-refractivity contribution in [3.63, 3.8) is 0 Å². The third kappa shape index (κ3) is 2.94. The minimum atomic E-state index is -0.517. The molecule has 0 unspecified atom stereocenters. The Morgan fingerprint density at radius 3 is 2.50 bits per heavy atom. The second-order valence-corrected chi connectivity index (χ2v) is 2.51. The van der Waals surface area contributed by atoms with Crippen LogP contribution in [0.25, 0.3) is 0 Å². The summed E-state index contributed by atoms with van der Waals surface area (Å²) in [6.07, 6.45) is 0. The Hall–Kier alpha value is -1.77. The first-order chi connectivity index (χ1) is 6.65. The summed E-state index contributed by atoms with van der Waals surface area (Å²) in [5, 5.41) is 9.24. The Morgan fingerprint density at radius 2 is 2.00 bits per heavy atom. The lowest BCUT2D eigenvalue weighted by Gasteiger charge is -2.02. The molecule has 0 radical (unpaired) electrons. The summed E-state index contributed by atoms with van der Waals surface area (Å²) >= 11 is 0. The monoisotopic (exact) mass is 194 g/mol. The maximum Gasteiger partial charge on any atom is 0.341 e. The smallest absolute Gasteiger partial charge is 0.341 e. The lowest BCUT2D eigenvalue weighted by atomic mass is 10.1. The standard InChI is InChI=1S/C9H10O3.C2H4/c1-6-3-4-8(10)7(5-6)9(11)12-2;1-2/h3-5,10H,1-2H3;1-2H2. The molecule has 1 N–H and O–H groups in total.